The third-order valence-electron chi connectivity index (χ3n) is 3.79. The van der Waals surface area contributed by atoms with Crippen LogP contribution in [0.25, 0.3) is 0 Å². The van der Waals surface area contributed by atoms with Crippen molar-refractivity contribution < 1.29 is 5.11 Å². The maximum absolute atomic E-state index is 10.5. The number of aryl methyl sites for hydroxylation is 1. The molecule has 0 spiro atoms. The molecule has 19 heavy (non-hydrogen) atoms. The minimum atomic E-state index is -0.600. The van der Waals surface area contributed by atoms with Crippen molar-refractivity contribution in [1.29, 1.82) is 0 Å². The predicted molar refractivity (Wildman–Crippen MR) is 78.7 cm³/mol. The molecule has 0 radical (unpaired) electrons. The van der Waals surface area contributed by atoms with Gasteiger partial charge in [0.2, 0.25) is 0 Å². The summed E-state index contributed by atoms with van der Waals surface area (Å²) in [6.45, 7) is 1.96. The molecule has 1 saturated carbocycles. The maximum atomic E-state index is 10.5. The molecule has 3 rings (SSSR count). The molecule has 1 fully saturated rings. The fourth-order valence-corrected chi connectivity index (χ4v) is 2.56. The van der Waals surface area contributed by atoms with Gasteiger partial charge in [-0.2, -0.15) is 0 Å². The van der Waals surface area contributed by atoms with Gasteiger partial charge in [0.05, 0.1) is 0 Å². The van der Waals surface area contributed by atoms with Crippen LogP contribution in [0, 0.1) is 6.92 Å². The molecule has 1 aliphatic carbocycles. The van der Waals surface area contributed by atoms with Gasteiger partial charge in [-0.15, -0.1) is 0 Å². The van der Waals surface area contributed by atoms with Gasteiger partial charge in [-0.3, -0.25) is 0 Å². The van der Waals surface area contributed by atoms with Crippen LogP contribution in [-0.4, -0.2) is 5.11 Å². The molecule has 1 N–H and O–H groups in total. The van der Waals surface area contributed by atoms with E-state index in [9.17, 15) is 5.11 Å². The number of rotatable bonds is 3. The van der Waals surface area contributed by atoms with Gasteiger partial charge in [-0.25, -0.2) is 0 Å². The molecule has 0 amide bonds. The lowest BCUT2D eigenvalue weighted by Crippen LogP contribution is -2.00. The van der Waals surface area contributed by atoms with Crippen LogP contribution in [0.2, 0.25) is 5.02 Å². The summed E-state index contributed by atoms with van der Waals surface area (Å²) < 4.78 is 0. The van der Waals surface area contributed by atoms with Gasteiger partial charge in [0.15, 0.2) is 0 Å². The van der Waals surface area contributed by atoms with Gasteiger partial charge in [0, 0.05) is 5.02 Å². The van der Waals surface area contributed by atoms with Crippen molar-refractivity contribution in [2.24, 2.45) is 0 Å². The van der Waals surface area contributed by atoms with E-state index in [-0.39, 0.29) is 0 Å². The van der Waals surface area contributed by atoms with Gasteiger partial charge in [0.25, 0.3) is 0 Å². The van der Waals surface area contributed by atoms with Crippen LogP contribution < -0.4 is 0 Å². The second-order valence-corrected chi connectivity index (χ2v) is 5.76. The Bertz CT molecular complexity index is 602. The lowest BCUT2D eigenvalue weighted by molar-refractivity contribution is 0.220. The van der Waals surface area contributed by atoms with Crippen LogP contribution >= 0.6 is 11.6 Å². The standard InChI is InChI=1S/C17H17ClO/c1-11-5-6-15(10-16(11)18)17(19)14-4-2-3-13(9-14)12-7-8-12/h2-6,9-10,12,17,19H,7-8H2,1H3. The zero-order chi connectivity index (χ0) is 13.4. The first-order valence-electron chi connectivity index (χ1n) is 6.69. The molecule has 0 saturated heterocycles. The average Bonchev–Trinajstić information content (AvgIpc) is 3.26. The van der Waals surface area contributed by atoms with E-state index in [0.717, 1.165) is 16.7 Å². The van der Waals surface area contributed by atoms with Crippen LogP contribution in [0.3, 0.4) is 0 Å². The molecule has 0 aromatic heterocycles. The third-order valence-corrected chi connectivity index (χ3v) is 4.19. The van der Waals surface area contributed by atoms with E-state index in [0.29, 0.717) is 10.9 Å². The second-order valence-electron chi connectivity index (χ2n) is 5.36. The second kappa shape index (κ2) is 4.99. The summed E-state index contributed by atoms with van der Waals surface area (Å²) in [6, 6.07) is 14.0. The van der Waals surface area contributed by atoms with Crippen LogP contribution in [0.15, 0.2) is 42.5 Å². The first kappa shape index (κ1) is 12.7. The van der Waals surface area contributed by atoms with Crippen LogP contribution in [-0.2, 0) is 0 Å². The molecular formula is C17H17ClO. The molecule has 0 aliphatic heterocycles. The molecule has 1 nitrogen and oxygen atoms in total. The monoisotopic (exact) mass is 272 g/mol. The zero-order valence-electron chi connectivity index (χ0n) is 10.9. The van der Waals surface area contributed by atoms with E-state index in [1.165, 1.54) is 18.4 Å². The highest BCUT2D eigenvalue weighted by Gasteiger charge is 2.24. The molecule has 2 heteroatoms. The molecule has 0 heterocycles. The summed E-state index contributed by atoms with van der Waals surface area (Å²) in [5.74, 6) is 0.703. The van der Waals surface area contributed by atoms with Gasteiger partial charge in [0.1, 0.15) is 6.10 Å². The van der Waals surface area contributed by atoms with Gasteiger partial charge in [-0.05, 0) is 54.0 Å². The number of hydrogen-bond donors (Lipinski definition) is 1. The molecule has 2 aromatic rings. The predicted octanol–water partition coefficient (Wildman–Crippen LogP) is 4.61. The molecule has 0 bridgehead atoms. The maximum Gasteiger partial charge on any atom is 0.104 e. The van der Waals surface area contributed by atoms with Crippen molar-refractivity contribution in [3.8, 4) is 0 Å². The SMILES string of the molecule is Cc1ccc(C(O)c2cccc(C3CC3)c2)cc1Cl. The highest BCUT2D eigenvalue weighted by molar-refractivity contribution is 6.31. The Kier molecular flexibility index (Phi) is 3.34. The first-order chi connectivity index (χ1) is 9.15. The van der Waals surface area contributed by atoms with Crippen molar-refractivity contribution in [2.75, 3.05) is 0 Å². The minimum absolute atomic E-state index is 0.600. The van der Waals surface area contributed by atoms with Gasteiger partial charge >= 0.3 is 0 Å². The fraction of sp³-hybridized carbons (Fsp3) is 0.294. The summed E-state index contributed by atoms with van der Waals surface area (Å²) in [7, 11) is 0. The Morgan fingerprint density at radius 1 is 1.11 bits per heavy atom. The van der Waals surface area contributed by atoms with Crippen LogP contribution in [0.1, 0.15) is 47.1 Å². The van der Waals surface area contributed by atoms with Crippen molar-refractivity contribution in [3.63, 3.8) is 0 Å². The molecule has 1 unspecified atom stereocenters. The molecule has 98 valence electrons. The highest BCUT2D eigenvalue weighted by atomic mass is 35.5. The van der Waals surface area contributed by atoms with E-state index < -0.39 is 6.10 Å². The van der Waals surface area contributed by atoms with Crippen LogP contribution in [0.4, 0.5) is 0 Å². The summed E-state index contributed by atoms with van der Waals surface area (Å²) >= 11 is 6.13. The van der Waals surface area contributed by atoms with Crippen molar-refractivity contribution in [3.05, 3.63) is 69.7 Å². The van der Waals surface area contributed by atoms with Crippen LogP contribution in [0.5, 0.6) is 0 Å². The highest BCUT2D eigenvalue weighted by Crippen LogP contribution is 2.41. The Hall–Kier alpha value is -1.31. The quantitative estimate of drug-likeness (QED) is 0.865. The van der Waals surface area contributed by atoms with E-state index in [2.05, 4.69) is 12.1 Å². The number of aliphatic hydroxyl groups is 1. The number of aliphatic hydroxyl groups excluding tert-OH is 1. The Morgan fingerprint density at radius 3 is 2.53 bits per heavy atom. The normalized spacial score (nSPS) is 16.4. The summed E-state index contributed by atoms with van der Waals surface area (Å²) in [6.07, 6.45) is 1.95. The number of halogens is 1. The number of hydrogen-bond acceptors (Lipinski definition) is 1. The Labute approximate surface area is 118 Å². The van der Waals surface area contributed by atoms with Crippen molar-refractivity contribution in [2.45, 2.75) is 31.8 Å². The largest absolute Gasteiger partial charge is 0.384 e. The molecule has 1 atom stereocenters. The minimum Gasteiger partial charge on any atom is -0.384 e. The van der Waals surface area contributed by atoms with E-state index in [1.807, 2.05) is 37.3 Å². The van der Waals surface area contributed by atoms with E-state index >= 15 is 0 Å². The summed E-state index contributed by atoms with van der Waals surface area (Å²) in [5.41, 5.74) is 4.17. The molecule has 1 aliphatic rings. The van der Waals surface area contributed by atoms with Crippen molar-refractivity contribution in [1.82, 2.24) is 0 Å². The Balaban J connectivity index is 1.91. The molecular weight excluding hydrogens is 256 g/mol. The third kappa shape index (κ3) is 2.68. The van der Waals surface area contributed by atoms with Crippen molar-refractivity contribution >= 4 is 11.6 Å². The fourth-order valence-electron chi connectivity index (χ4n) is 2.37. The van der Waals surface area contributed by atoms with E-state index in [1.54, 1.807) is 0 Å². The topological polar surface area (TPSA) is 20.2 Å². The average molecular weight is 273 g/mol. The Morgan fingerprint density at radius 2 is 1.84 bits per heavy atom. The first-order valence-corrected chi connectivity index (χ1v) is 7.07. The van der Waals surface area contributed by atoms with E-state index in [4.69, 9.17) is 11.6 Å². The van der Waals surface area contributed by atoms with Gasteiger partial charge in [-0.1, -0.05) is 48.0 Å². The summed E-state index contributed by atoms with van der Waals surface area (Å²) in [4.78, 5) is 0. The summed E-state index contributed by atoms with van der Waals surface area (Å²) in [5, 5.41) is 11.2. The van der Waals surface area contributed by atoms with Gasteiger partial charge < -0.3 is 5.11 Å². The smallest absolute Gasteiger partial charge is 0.104 e. The zero-order valence-corrected chi connectivity index (χ0v) is 11.7. The molecule has 2 aromatic carbocycles. The number of benzene rings is 2. The lowest BCUT2D eigenvalue weighted by Gasteiger charge is -2.14. The lowest BCUT2D eigenvalue weighted by atomic mass is 9.98.